The SMILES string of the molecule is NCCCC[C@H](NN[C@@H](CCC(=O)O)C(N)=O)C(=O)O. The number of nitrogens with one attached hydrogen (secondary N) is 2. The summed E-state index contributed by atoms with van der Waals surface area (Å²) in [5, 5.41) is 17.5. The van der Waals surface area contributed by atoms with Crippen LogP contribution >= 0.6 is 0 Å². The van der Waals surface area contributed by atoms with Crippen LogP contribution in [0.25, 0.3) is 0 Å². The highest BCUT2D eigenvalue weighted by atomic mass is 16.4. The van der Waals surface area contributed by atoms with Gasteiger partial charge in [-0.25, -0.2) is 10.9 Å². The van der Waals surface area contributed by atoms with E-state index in [1.807, 2.05) is 0 Å². The lowest BCUT2D eigenvalue weighted by Gasteiger charge is -2.20. The molecule has 0 unspecified atom stereocenters. The number of aliphatic carboxylic acids is 2. The molecule has 0 aliphatic carbocycles. The smallest absolute Gasteiger partial charge is 0.322 e. The van der Waals surface area contributed by atoms with Crippen molar-refractivity contribution in [3.8, 4) is 0 Å². The Morgan fingerprint density at radius 2 is 1.60 bits per heavy atom. The second-order valence-corrected chi connectivity index (χ2v) is 4.35. The van der Waals surface area contributed by atoms with Crippen LogP contribution in [0.2, 0.25) is 0 Å². The number of carbonyl (C=O) groups is 3. The van der Waals surface area contributed by atoms with Crippen molar-refractivity contribution in [2.24, 2.45) is 11.5 Å². The zero-order chi connectivity index (χ0) is 15.5. The van der Waals surface area contributed by atoms with E-state index in [9.17, 15) is 14.4 Å². The first-order valence-corrected chi connectivity index (χ1v) is 6.33. The van der Waals surface area contributed by atoms with Crippen molar-refractivity contribution in [3.05, 3.63) is 0 Å². The molecule has 20 heavy (non-hydrogen) atoms. The van der Waals surface area contributed by atoms with E-state index < -0.39 is 29.9 Å². The number of carboxylic acid groups (broad SMARTS) is 2. The maximum absolute atomic E-state index is 11.1. The van der Waals surface area contributed by atoms with Crippen LogP contribution in [-0.2, 0) is 14.4 Å². The molecule has 8 N–H and O–H groups in total. The maximum Gasteiger partial charge on any atom is 0.322 e. The number of rotatable bonds is 12. The van der Waals surface area contributed by atoms with Crippen molar-refractivity contribution >= 4 is 17.8 Å². The number of primary amides is 1. The minimum absolute atomic E-state index is 0.0210. The van der Waals surface area contributed by atoms with E-state index in [0.29, 0.717) is 25.8 Å². The van der Waals surface area contributed by atoms with E-state index >= 15 is 0 Å². The Morgan fingerprint density at radius 1 is 1.00 bits per heavy atom. The van der Waals surface area contributed by atoms with Crippen molar-refractivity contribution in [1.82, 2.24) is 10.9 Å². The van der Waals surface area contributed by atoms with Crippen LogP contribution < -0.4 is 22.3 Å². The molecular formula is C11H22N4O5. The zero-order valence-corrected chi connectivity index (χ0v) is 11.2. The lowest BCUT2D eigenvalue weighted by atomic mass is 10.1. The zero-order valence-electron chi connectivity index (χ0n) is 11.2. The second kappa shape index (κ2) is 10.1. The van der Waals surface area contributed by atoms with Crippen LogP contribution in [0.4, 0.5) is 0 Å². The van der Waals surface area contributed by atoms with E-state index in [1.165, 1.54) is 0 Å². The third-order valence-electron chi connectivity index (χ3n) is 2.67. The van der Waals surface area contributed by atoms with Gasteiger partial charge in [-0.05, 0) is 32.2 Å². The third-order valence-corrected chi connectivity index (χ3v) is 2.67. The summed E-state index contributed by atoms with van der Waals surface area (Å²) in [6, 6.07) is -1.84. The molecule has 0 saturated heterocycles. The van der Waals surface area contributed by atoms with Gasteiger partial charge in [-0.3, -0.25) is 14.4 Å². The fourth-order valence-corrected chi connectivity index (χ4v) is 1.50. The molecule has 2 atom stereocenters. The van der Waals surface area contributed by atoms with Gasteiger partial charge in [0, 0.05) is 6.42 Å². The van der Waals surface area contributed by atoms with Crippen LogP contribution in [0.1, 0.15) is 32.1 Å². The highest BCUT2D eigenvalue weighted by Gasteiger charge is 2.21. The Morgan fingerprint density at radius 3 is 2.05 bits per heavy atom. The van der Waals surface area contributed by atoms with E-state index in [2.05, 4.69) is 10.9 Å². The molecule has 0 aromatic heterocycles. The average Bonchev–Trinajstić information content (AvgIpc) is 2.35. The summed E-state index contributed by atoms with van der Waals surface area (Å²) in [6.07, 6.45) is 1.40. The molecule has 0 aromatic carbocycles. The molecule has 0 heterocycles. The number of hydrogen-bond donors (Lipinski definition) is 6. The summed E-state index contributed by atoms with van der Waals surface area (Å²) in [4.78, 5) is 32.6. The summed E-state index contributed by atoms with van der Waals surface area (Å²) in [5.74, 6) is -2.88. The first-order valence-electron chi connectivity index (χ1n) is 6.33. The fraction of sp³-hybridized carbons (Fsp3) is 0.727. The van der Waals surface area contributed by atoms with E-state index in [1.54, 1.807) is 0 Å². The van der Waals surface area contributed by atoms with Crippen molar-refractivity contribution < 1.29 is 24.6 Å². The summed E-state index contributed by atoms with van der Waals surface area (Å²) >= 11 is 0. The first-order chi connectivity index (χ1) is 9.38. The fourth-order valence-electron chi connectivity index (χ4n) is 1.50. The lowest BCUT2D eigenvalue weighted by Crippen LogP contribution is -2.54. The van der Waals surface area contributed by atoms with Gasteiger partial charge in [0.25, 0.3) is 0 Å². The summed E-state index contributed by atoms with van der Waals surface area (Å²) in [7, 11) is 0. The molecule has 0 saturated carbocycles. The largest absolute Gasteiger partial charge is 0.481 e. The van der Waals surface area contributed by atoms with Crippen molar-refractivity contribution in [2.45, 2.75) is 44.2 Å². The monoisotopic (exact) mass is 290 g/mol. The molecule has 9 heteroatoms. The Balaban J connectivity index is 4.28. The van der Waals surface area contributed by atoms with Crippen LogP contribution in [0.5, 0.6) is 0 Å². The second-order valence-electron chi connectivity index (χ2n) is 4.35. The maximum atomic E-state index is 11.1. The van der Waals surface area contributed by atoms with Gasteiger partial charge in [0.2, 0.25) is 5.91 Å². The predicted molar refractivity (Wildman–Crippen MR) is 70.5 cm³/mol. The van der Waals surface area contributed by atoms with E-state index in [0.717, 1.165) is 0 Å². The standard InChI is InChI=1S/C11H22N4O5/c12-6-2-1-3-8(11(19)20)15-14-7(10(13)18)4-5-9(16)17/h7-8,14-15H,1-6,12H2,(H2,13,18)(H,16,17)(H,19,20)/t7-,8-/m0/s1. The molecule has 0 spiro atoms. The summed E-state index contributed by atoms with van der Waals surface area (Å²) in [6.45, 7) is 0.474. The van der Waals surface area contributed by atoms with Crippen LogP contribution in [0.3, 0.4) is 0 Å². The number of carbonyl (C=O) groups excluding carboxylic acids is 1. The number of nitrogens with two attached hydrogens (primary N) is 2. The number of hydrogen-bond acceptors (Lipinski definition) is 6. The van der Waals surface area contributed by atoms with Crippen LogP contribution in [-0.4, -0.2) is 46.7 Å². The highest BCUT2D eigenvalue weighted by Crippen LogP contribution is 2.01. The Labute approximate surface area is 116 Å². The summed E-state index contributed by atoms with van der Waals surface area (Å²) < 4.78 is 0. The molecule has 0 radical (unpaired) electrons. The van der Waals surface area contributed by atoms with Crippen molar-refractivity contribution in [1.29, 1.82) is 0 Å². The molecule has 0 rings (SSSR count). The van der Waals surface area contributed by atoms with Gasteiger partial charge in [-0.15, -0.1) is 0 Å². The predicted octanol–water partition coefficient (Wildman–Crippen LogP) is -1.62. The summed E-state index contributed by atoms with van der Waals surface area (Å²) in [5.41, 5.74) is 15.4. The van der Waals surface area contributed by atoms with Gasteiger partial charge >= 0.3 is 11.9 Å². The number of amides is 1. The molecule has 0 fully saturated rings. The molecule has 0 aliphatic heterocycles. The average molecular weight is 290 g/mol. The molecule has 116 valence electrons. The topological polar surface area (TPSA) is 168 Å². The van der Waals surface area contributed by atoms with Gasteiger partial charge in [0.1, 0.15) is 12.1 Å². The van der Waals surface area contributed by atoms with E-state index in [4.69, 9.17) is 21.7 Å². The van der Waals surface area contributed by atoms with Gasteiger partial charge in [-0.1, -0.05) is 0 Å². The number of carboxylic acids is 2. The molecule has 0 bridgehead atoms. The first kappa shape index (κ1) is 18.3. The Bertz CT molecular complexity index is 337. The van der Waals surface area contributed by atoms with Crippen molar-refractivity contribution in [2.75, 3.05) is 6.54 Å². The Kier molecular flexibility index (Phi) is 9.26. The van der Waals surface area contributed by atoms with Gasteiger partial charge in [0.05, 0.1) is 0 Å². The minimum Gasteiger partial charge on any atom is -0.481 e. The normalized spacial score (nSPS) is 13.7. The van der Waals surface area contributed by atoms with Gasteiger partial charge in [0.15, 0.2) is 0 Å². The number of hydrazine groups is 1. The number of unbranched alkanes of at least 4 members (excludes halogenated alkanes) is 1. The Hall–Kier alpha value is -1.71. The molecule has 9 nitrogen and oxygen atoms in total. The molecule has 0 aromatic rings. The van der Waals surface area contributed by atoms with Crippen LogP contribution in [0.15, 0.2) is 0 Å². The lowest BCUT2D eigenvalue weighted by molar-refractivity contribution is -0.141. The molecular weight excluding hydrogens is 268 g/mol. The van der Waals surface area contributed by atoms with Crippen molar-refractivity contribution in [3.63, 3.8) is 0 Å². The third kappa shape index (κ3) is 8.40. The van der Waals surface area contributed by atoms with E-state index in [-0.39, 0.29) is 12.8 Å². The van der Waals surface area contributed by atoms with Gasteiger partial charge < -0.3 is 21.7 Å². The highest BCUT2D eigenvalue weighted by molar-refractivity contribution is 5.80. The quantitative estimate of drug-likeness (QED) is 0.184. The van der Waals surface area contributed by atoms with Crippen LogP contribution in [0, 0.1) is 0 Å². The molecule has 1 amide bonds. The molecule has 0 aliphatic rings. The minimum atomic E-state index is -1.07. The van der Waals surface area contributed by atoms with Gasteiger partial charge in [-0.2, -0.15) is 0 Å².